The van der Waals surface area contributed by atoms with Crippen LogP contribution >= 0.6 is 11.3 Å². The molecule has 0 radical (unpaired) electrons. The highest BCUT2D eigenvalue weighted by Gasteiger charge is 2.08. The minimum Gasteiger partial charge on any atom is -0.307 e. The number of nitrogens with zero attached hydrogens (tertiary/aromatic N) is 2. The molecule has 0 saturated heterocycles. The molecule has 0 aliphatic carbocycles. The number of nitro groups is 1. The number of hydrogen-bond acceptors (Lipinski definition) is 5. The topological polar surface area (TPSA) is 85.1 Å². The molecule has 0 aromatic carbocycles. The Labute approximate surface area is 118 Å². The van der Waals surface area contributed by atoms with Crippen molar-refractivity contribution in [3.05, 3.63) is 57.1 Å². The summed E-state index contributed by atoms with van der Waals surface area (Å²) in [5, 5.41) is 13.2. The number of amides is 1. The third-order valence-corrected chi connectivity index (χ3v) is 3.36. The van der Waals surface area contributed by atoms with Crippen molar-refractivity contribution in [3.8, 4) is 0 Å². The summed E-state index contributed by atoms with van der Waals surface area (Å²) in [6.45, 7) is 1.90. The van der Waals surface area contributed by atoms with Crippen molar-refractivity contribution in [2.45, 2.75) is 6.92 Å². The highest BCUT2D eigenvalue weighted by molar-refractivity contribution is 7.16. The number of anilines is 1. The molecule has 0 atom stereocenters. The Bertz CT molecular complexity index is 679. The first-order chi connectivity index (χ1) is 9.54. The van der Waals surface area contributed by atoms with Crippen molar-refractivity contribution in [2.24, 2.45) is 0 Å². The monoisotopic (exact) mass is 289 g/mol. The molecular formula is C13H11N3O3S. The Morgan fingerprint density at radius 3 is 2.90 bits per heavy atom. The van der Waals surface area contributed by atoms with Crippen LogP contribution in [0.25, 0.3) is 6.08 Å². The number of rotatable bonds is 4. The fraction of sp³-hybridized carbons (Fsp3) is 0.0769. The lowest BCUT2D eigenvalue weighted by Gasteiger charge is -2.01. The fourth-order valence-corrected chi connectivity index (χ4v) is 2.18. The van der Waals surface area contributed by atoms with Gasteiger partial charge in [-0.1, -0.05) is 11.3 Å². The van der Waals surface area contributed by atoms with E-state index in [1.165, 1.54) is 18.2 Å². The number of aryl methyl sites for hydroxylation is 1. The van der Waals surface area contributed by atoms with E-state index in [4.69, 9.17) is 0 Å². The third-order valence-electron chi connectivity index (χ3n) is 2.36. The van der Waals surface area contributed by atoms with Crippen LogP contribution in [0, 0.1) is 17.0 Å². The van der Waals surface area contributed by atoms with Crippen molar-refractivity contribution in [1.82, 2.24) is 4.98 Å². The van der Waals surface area contributed by atoms with Crippen LogP contribution in [-0.4, -0.2) is 15.8 Å². The summed E-state index contributed by atoms with van der Waals surface area (Å²) in [6, 6.07) is 6.58. The number of aromatic nitrogens is 1. The van der Waals surface area contributed by atoms with E-state index < -0.39 is 4.92 Å². The molecule has 1 amide bonds. The molecule has 0 aliphatic rings. The molecule has 6 nitrogen and oxygen atoms in total. The summed E-state index contributed by atoms with van der Waals surface area (Å²) in [6.07, 6.45) is 4.46. The second-order valence-electron chi connectivity index (χ2n) is 3.97. The van der Waals surface area contributed by atoms with E-state index in [0.29, 0.717) is 10.7 Å². The molecule has 0 fully saturated rings. The van der Waals surface area contributed by atoms with Crippen molar-refractivity contribution in [1.29, 1.82) is 0 Å². The maximum Gasteiger partial charge on any atom is 0.324 e. The van der Waals surface area contributed by atoms with Crippen LogP contribution in [-0.2, 0) is 4.79 Å². The van der Waals surface area contributed by atoms with E-state index in [0.717, 1.165) is 16.9 Å². The van der Waals surface area contributed by atoms with Crippen LogP contribution in [0.15, 0.2) is 36.5 Å². The molecule has 7 heteroatoms. The van der Waals surface area contributed by atoms with Crippen molar-refractivity contribution >= 4 is 34.1 Å². The quantitative estimate of drug-likeness (QED) is 0.532. The Hall–Kier alpha value is -2.54. The lowest BCUT2D eigenvalue weighted by atomic mass is 10.3. The summed E-state index contributed by atoms with van der Waals surface area (Å²) >= 11 is 1.01. The van der Waals surface area contributed by atoms with Gasteiger partial charge in [-0.25, -0.2) is 4.98 Å². The zero-order chi connectivity index (χ0) is 14.5. The SMILES string of the molecule is Cc1ccnc(NC(=O)/C=C/c2ccc([N+](=O)[O-])s2)c1. The highest BCUT2D eigenvalue weighted by atomic mass is 32.1. The Morgan fingerprint density at radius 2 is 2.25 bits per heavy atom. The largest absolute Gasteiger partial charge is 0.324 e. The van der Waals surface area contributed by atoms with Gasteiger partial charge in [0.25, 0.3) is 0 Å². The van der Waals surface area contributed by atoms with Gasteiger partial charge in [0.15, 0.2) is 0 Å². The molecule has 0 bridgehead atoms. The minimum atomic E-state index is -0.460. The molecule has 0 spiro atoms. The zero-order valence-electron chi connectivity index (χ0n) is 10.6. The molecule has 1 N–H and O–H groups in total. The van der Waals surface area contributed by atoms with Gasteiger partial charge in [0.1, 0.15) is 5.82 Å². The van der Waals surface area contributed by atoms with E-state index in [2.05, 4.69) is 10.3 Å². The van der Waals surface area contributed by atoms with Gasteiger partial charge in [-0.05, 0) is 36.8 Å². The van der Waals surface area contributed by atoms with E-state index in [1.807, 2.05) is 13.0 Å². The maximum absolute atomic E-state index is 11.7. The molecule has 2 heterocycles. The summed E-state index contributed by atoms with van der Waals surface area (Å²) in [5.41, 5.74) is 0.994. The van der Waals surface area contributed by atoms with Crippen LogP contribution < -0.4 is 5.32 Å². The fourth-order valence-electron chi connectivity index (χ4n) is 1.46. The Kier molecular flexibility index (Phi) is 4.21. The van der Waals surface area contributed by atoms with Crippen LogP contribution in [0.3, 0.4) is 0 Å². The van der Waals surface area contributed by atoms with Crippen LogP contribution in [0.4, 0.5) is 10.8 Å². The third kappa shape index (κ3) is 3.72. The molecule has 2 aromatic heterocycles. The maximum atomic E-state index is 11.7. The molecule has 20 heavy (non-hydrogen) atoms. The predicted molar refractivity (Wildman–Crippen MR) is 77.6 cm³/mol. The van der Waals surface area contributed by atoms with Gasteiger partial charge in [0, 0.05) is 23.2 Å². The first-order valence-electron chi connectivity index (χ1n) is 5.70. The Morgan fingerprint density at radius 1 is 1.45 bits per heavy atom. The van der Waals surface area contributed by atoms with Gasteiger partial charge in [0.2, 0.25) is 5.91 Å². The number of thiophene rings is 1. The van der Waals surface area contributed by atoms with Crippen molar-refractivity contribution in [3.63, 3.8) is 0 Å². The lowest BCUT2D eigenvalue weighted by molar-refractivity contribution is -0.380. The smallest absolute Gasteiger partial charge is 0.307 e. The first-order valence-corrected chi connectivity index (χ1v) is 6.52. The van der Waals surface area contributed by atoms with Gasteiger partial charge in [-0.15, -0.1) is 0 Å². The molecule has 0 saturated carbocycles. The highest BCUT2D eigenvalue weighted by Crippen LogP contribution is 2.24. The predicted octanol–water partition coefficient (Wildman–Crippen LogP) is 3.01. The van der Waals surface area contributed by atoms with E-state index >= 15 is 0 Å². The van der Waals surface area contributed by atoms with E-state index in [9.17, 15) is 14.9 Å². The number of nitrogens with one attached hydrogen (secondary N) is 1. The van der Waals surface area contributed by atoms with Gasteiger partial charge < -0.3 is 5.32 Å². The average molecular weight is 289 g/mol. The van der Waals surface area contributed by atoms with Gasteiger partial charge in [-0.3, -0.25) is 14.9 Å². The average Bonchev–Trinajstić information content (AvgIpc) is 2.85. The van der Waals surface area contributed by atoms with Gasteiger partial charge in [-0.2, -0.15) is 0 Å². The van der Waals surface area contributed by atoms with E-state index in [-0.39, 0.29) is 10.9 Å². The second kappa shape index (κ2) is 6.07. The van der Waals surface area contributed by atoms with Crippen LogP contribution in [0.1, 0.15) is 10.4 Å². The summed E-state index contributed by atoms with van der Waals surface area (Å²) in [7, 11) is 0. The first kappa shape index (κ1) is 13.9. The van der Waals surface area contributed by atoms with Crippen molar-refractivity contribution in [2.75, 3.05) is 5.32 Å². The van der Waals surface area contributed by atoms with Gasteiger partial charge >= 0.3 is 5.00 Å². The molecule has 0 unspecified atom stereocenters. The molecule has 2 rings (SSSR count). The minimum absolute atomic E-state index is 0.0467. The zero-order valence-corrected chi connectivity index (χ0v) is 11.4. The van der Waals surface area contributed by atoms with Crippen molar-refractivity contribution < 1.29 is 9.72 Å². The summed E-state index contributed by atoms with van der Waals surface area (Å²) in [5.74, 6) is 0.135. The van der Waals surface area contributed by atoms with Crippen LogP contribution in [0.5, 0.6) is 0 Å². The Balaban J connectivity index is 2.00. The number of carbonyl (C=O) groups excluding carboxylic acids is 1. The number of pyridine rings is 1. The van der Waals surface area contributed by atoms with Crippen LogP contribution in [0.2, 0.25) is 0 Å². The normalized spacial score (nSPS) is 10.7. The molecule has 102 valence electrons. The second-order valence-corrected chi connectivity index (χ2v) is 5.07. The molecule has 0 aliphatic heterocycles. The molecular weight excluding hydrogens is 278 g/mol. The standard InChI is InChI=1S/C13H11N3O3S/c1-9-6-7-14-11(8-9)15-12(17)4-2-10-3-5-13(20-10)16(18)19/h2-8H,1H3,(H,14,15,17)/b4-2+. The number of hydrogen-bond donors (Lipinski definition) is 1. The van der Waals surface area contributed by atoms with E-state index in [1.54, 1.807) is 18.3 Å². The summed E-state index contributed by atoms with van der Waals surface area (Å²) in [4.78, 5) is 26.4. The lowest BCUT2D eigenvalue weighted by Crippen LogP contribution is -2.08. The van der Waals surface area contributed by atoms with Gasteiger partial charge in [0.05, 0.1) is 4.92 Å². The summed E-state index contributed by atoms with van der Waals surface area (Å²) < 4.78 is 0. The molecule has 2 aromatic rings. The number of carbonyl (C=O) groups is 1.